The molecule has 5 nitrogen and oxygen atoms in total. The molecule has 0 fully saturated rings. The number of aliphatic imine (C=N–C) groups is 1. The summed E-state index contributed by atoms with van der Waals surface area (Å²) < 4.78 is 0. The van der Waals surface area contributed by atoms with E-state index in [4.69, 9.17) is 5.73 Å². The predicted octanol–water partition coefficient (Wildman–Crippen LogP) is -2.00. The molecule has 0 bridgehead atoms. The summed E-state index contributed by atoms with van der Waals surface area (Å²) in [5.74, 6) is -1.09. The molecule has 0 aliphatic carbocycles. The van der Waals surface area contributed by atoms with Gasteiger partial charge in [-0.05, 0) is 0 Å². The average molecular weight is 127 g/mol. The maximum Gasteiger partial charge on any atom is 0.284 e. The van der Waals surface area contributed by atoms with Gasteiger partial charge in [0.1, 0.15) is 0 Å². The summed E-state index contributed by atoms with van der Waals surface area (Å²) in [4.78, 5) is 23.8. The highest BCUT2D eigenvalue weighted by Crippen LogP contribution is 1.84. The summed E-state index contributed by atoms with van der Waals surface area (Å²) in [6, 6.07) is 0. The standard InChI is InChI=1S/C4H5N3O2/c5-3(9)4-6-1-2(8)7-4/h1H2,(H2,5,9)(H,6,7,8). The number of hydrogen-bond donors (Lipinski definition) is 2. The molecular formula is C4H5N3O2. The van der Waals surface area contributed by atoms with E-state index in [1.807, 2.05) is 0 Å². The normalized spacial score (nSPS) is 16.9. The van der Waals surface area contributed by atoms with Gasteiger partial charge in [-0.15, -0.1) is 0 Å². The van der Waals surface area contributed by atoms with Crippen LogP contribution in [0, 0.1) is 0 Å². The van der Waals surface area contributed by atoms with Gasteiger partial charge in [-0.2, -0.15) is 4.99 Å². The van der Waals surface area contributed by atoms with Crippen LogP contribution in [0.3, 0.4) is 0 Å². The van der Waals surface area contributed by atoms with Crippen LogP contribution in [-0.2, 0) is 9.59 Å². The fourth-order valence-corrected chi connectivity index (χ4v) is 0.505. The second kappa shape index (κ2) is 1.85. The number of carbonyl (C=O) groups excluding carboxylic acids is 2. The Kier molecular flexibility index (Phi) is 1.18. The van der Waals surface area contributed by atoms with E-state index in [0.29, 0.717) is 0 Å². The maximum absolute atomic E-state index is 10.3. The van der Waals surface area contributed by atoms with Gasteiger partial charge in [0.15, 0.2) is 5.84 Å². The van der Waals surface area contributed by atoms with Gasteiger partial charge in [0.05, 0.1) is 6.54 Å². The SMILES string of the molecule is NC(=O)C1=NC(=O)CN1. The summed E-state index contributed by atoms with van der Waals surface area (Å²) in [5, 5.41) is 2.43. The van der Waals surface area contributed by atoms with Crippen LogP contribution in [-0.4, -0.2) is 24.2 Å². The number of primary amides is 1. The van der Waals surface area contributed by atoms with Crippen LogP contribution in [0.4, 0.5) is 0 Å². The fraction of sp³-hybridized carbons (Fsp3) is 0.250. The van der Waals surface area contributed by atoms with Crippen molar-refractivity contribution in [1.82, 2.24) is 5.32 Å². The Morgan fingerprint density at radius 2 is 2.44 bits per heavy atom. The second-order valence-electron chi connectivity index (χ2n) is 1.57. The summed E-state index contributed by atoms with van der Waals surface area (Å²) in [6.45, 7) is 0.0816. The number of nitrogens with one attached hydrogen (secondary N) is 1. The van der Waals surface area contributed by atoms with Crippen molar-refractivity contribution in [1.29, 1.82) is 0 Å². The van der Waals surface area contributed by atoms with E-state index in [1.54, 1.807) is 0 Å². The second-order valence-corrected chi connectivity index (χ2v) is 1.57. The molecule has 9 heavy (non-hydrogen) atoms. The zero-order chi connectivity index (χ0) is 6.85. The van der Waals surface area contributed by atoms with Crippen LogP contribution in [0.25, 0.3) is 0 Å². The molecule has 0 atom stereocenters. The van der Waals surface area contributed by atoms with Crippen molar-refractivity contribution in [2.75, 3.05) is 6.54 Å². The number of carbonyl (C=O) groups is 2. The number of amides is 2. The van der Waals surface area contributed by atoms with Crippen LogP contribution in [0.5, 0.6) is 0 Å². The molecule has 1 aliphatic rings. The van der Waals surface area contributed by atoms with Gasteiger partial charge < -0.3 is 11.1 Å². The largest absolute Gasteiger partial charge is 0.363 e. The summed E-state index contributed by atoms with van der Waals surface area (Å²) in [6.07, 6.45) is 0. The van der Waals surface area contributed by atoms with E-state index < -0.39 is 5.91 Å². The van der Waals surface area contributed by atoms with Gasteiger partial charge in [-0.3, -0.25) is 9.59 Å². The lowest BCUT2D eigenvalue weighted by Crippen LogP contribution is -2.32. The van der Waals surface area contributed by atoms with Gasteiger partial charge in [0, 0.05) is 0 Å². The number of amidine groups is 1. The molecule has 1 aliphatic heterocycles. The van der Waals surface area contributed by atoms with E-state index in [0.717, 1.165) is 0 Å². The van der Waals surface area contributed by atoms with Gasteiger partial charge in [0.2, 0.25) is 0 Å². The monoisotopic (exact) mass is 127 g/mol. The fourth-order valence-electron chi connectivity index (χ4n) is 0.505. The molecule has 0 aromatic rings. The Balaban J connectivity index is 2.74. The minimum Gasteiger partial charge on any atom is -0.363 e. The highest BCUT2D eigenvalue weighted by Gasteiger charge is 2.16. The summed E-state index contributed by atoms with van der Waals surface area (Å²) >= 11 is 0. The molecule has 0 radical (unpaired) electrons. The smallest absolute Gasteiger partial charge is 0.284 e. The predicted molar refractivity (Wildman–Crippen MR) is 29.6 cm³/mol. The third-order valence-electron chi connectivity index (χ3n) is 0.877. The van der Waals surface area contributed by atoms with Crippen molar-refractivity contribution in [3.63, 3.8) is 0 Å². The molecule has 3 N–H and O–H groups in total. The van der Waals surface area contributed by atoms with Gasteiger partial charge in [-0.25, -0.2) is 0 Å². The van der Waals surface area contributed by atoms with Crippen LogP contribution in [0.1, 0.15) is 0 Å². The molecule has 0 aromatic carbocycles. The van der Waals surface area contributed by atoms with Crippen LogP contribution in [0.2, 0.25) is 0 Å². The molecular weight excluding hydrogens is 122 g/mol. The van der Waals surface area contributed by atoms with E-state index in [2.05, 4.69) is 10.3 Å². The first-order valence-corrected chi connectivity index (χ1v) is 2.35. The van der Waals surface area contributed by atoms with Crippen molar-refractivity contribution >= 4 is 17.6 Å². The minimum atomic E-state index is -0.694. The Bertz CT molecular complexity index is 196. The lowest BCUT2D eigenvalue weighted by atomic mass is 10.6. The van der Waals surface area contributed by atoms with E-state index in [1.165, 1.54) is 0 Å². The number of rotatable bonds is 1. The molecule has 48 valence electrons. The molecule has 5 heteroatoms. The molecule has 2 amide bonds. The lowest BCUT2D eigenvalue weighted by Gasteiger charge is -1.89. The Hall–Kier alpha value is -1.39. The summed E-state index contributed by atoms with van der Waals surface area (Å²) in [5.41, 5.74) is 4.78. The third kappa shape index (κ3) is 1.04. The Morgan fingerprint density at radius 3 is 2.67 bits per heavy atom. The number of hydrogen-bond acceptors (Lipinski definition) is 3. The maximum atomic E-state index is 10.3. The van der Waals surface area contributed by atoms with Crippen molar-refractivity contribution < 1.29 is 9.59 Å². The lowest BCUT2D eigenvalue weighted by molar-refractivity contribution is -0.116. The highest BCUT2D eigenvalue weighted by molar-refractivity contribution is 6.40. The molecule has 0 aromatic heterocycles. The van der Waals surface area contributed by atoms with Crippen molar-refractivity contribution in [3.05, 3.63) is 0 Å². The molecule has 1 heterocycles. The van der Waals surface area contributed by atoms with Crippen LogP contribution >= 0.6 is 0 Å². The van der Waals surface area contributed by atoms with Gasteiger partial charge in [-0.1, -0.05) is 0 Å². The van der Waals surface area contributed by atoms with Crippen LogP contribution in [0.15, 0.2) is 4.99 Å². The zero-order valence-corrected chi connectivity index (χ0v) is 4.55. The average Bonchev–Trinajstić information content (AvgIpc) is 2.14. The van der Waals surface area contributed by atoms with E-state index >= 15 is 0 Å². The first kappa shape index (κ1) is 5.74. The molecule has 0 saturated heterocycles. The number of nitrogens with two attached hydrogens (primary N) is 1. The van der Waals surface area contributed by atoms with Crippen molar-refractivity contribution in [2.45, 2.75) is 0 Å². The number of nitrogens with zero attached hydrogens (tertiary/aromatic N) is 1. The summed E-state index contributed by atoms with van der Waals surface area (Å²) in [7, 11) is 0. The topological polar surface area (TPSA) is 84.6 Å². The molecule has 1 rings (SSSR count). The quantitative estimate of drug-likeness (QED) is 0.427. The van der Waals surface area contributed by atoms with Crippen LogP contribution < -0.4 is 11.1 Å². The zero-order valence-electron chi connectivity index (χ0n) is 4.55. The minimum absolute atomic E-state index is 0.0417. The van der Waals surface area contributed by atoms with Gasteiger partial charge in [0.25, 0.3) is 11.8 Å². The first-order chi connectivity index (χ1) is 4.20. The van der Waals surface area contributed by atoms with E-state index in [9.17, 15) is 9.59 Å². The molecule has 0 unspecified atom stereocenters. The Labute approximate surface area is 50.9 Å². The van der Waals surface area contributed by atoms with Crippen molar-refractivity contribution in [2.24, 2.45) is 10.7 Å². The van der Waals surface area contributed by atoms with Crippen molar-refractivity contribution in [3.8, 4) is 0 Å². The third-order valence-corrected chi connectivity index (χ3v) is 0.877. The molecule has 0 spiro atoms. The molecule has 0 saturated carbocycles. The highest BCUT2D eigenvalue weighted by atomic mass is 16.2. The first-order valence-electron chi connectivity index (χ1n) is 2.35. The van der Waals surface area contributed by atoms with E-state index in [-0.39, 0.29) is 18.3 Å². The Morgan fingerprint density at radius 1 is 1.78 bits per heavy atom. The van der Waals surface area contributed by atoms with Gasteiger partial charge >= 0.3 is 0 Å².